The zero-order valence-corrected chi connectivity index (χ0v) is 14.3. The normalized spacial score (nSPS) is 17.8. The van der Waals surface area contributed by atoms with E-state index < -0.39 is 17.7 Å². The Bertz CT molecular complexity index is 658. The van der Waals surface area contributed by atoms with Gasteiger partial charge in [0.25, 0.3) is 0 Å². The van der Waals surface area contributed by atoms with Gasteiger partial charge in [0.05, 0.1) is 11.6 Å². The molecule has 6 nitrogen and oxygen atoms in total. The number of rotatable bonds is 2. The van der Waals surface area contributed by atoms with E-state index in [1.807, 2.05) is 6.07 Å². The molecule has 2 amide bonds. The Kier molecular flexibility index (Phi) is 5.45. The first-order chi connectivity index (χ1) is 11.3. The molecule has 1 atom stereocenters. The first-order valence-electron chi connectivity index (χ1n) is 8.11. The molecule has 6 heteroatoms. The standard InChI is InChI=1S/C18H23N3O3/c1-18(2,3)24-17(23)21-10-5-4-9-15(21)16(22)20-14-8-6-7-13(11-14)12-19/h6-8,11,15H,4-5,9-10H2,1-3H3,(H,20,22). The number of hydrogen-bond acceptors (Lipinski definition) is 4. The fourth-order valence-corrected chi connectivity index (χ4v) is 2.64. The topological polar surface area (TPSA) is 82.4 Å². The quantitative estimate of drug-likeness (QED) is 0.902. The molecular formula is C18H23N3O3. The lowest BCUT2D eigenvalue weighted by molar-refractivity contribution is -0.122. The van der Waals surface area contributed by atoms with E-state index in [9.17, 15) is 9.59 Å². The first kappa shape index (κ1) is 17.8. The second-order valence-corrected chi connectivity index (χ2v) is 6.87. The van der Waals surface area contributed by atoms with Gasteiger partial charge in [-0.2, -0.15) is 5.26 Å². The van der Waals surface area contributed by atoms with Crippen molar-refractivity contribution in [2.45, 2.75) is 51.7 Å². The number of anilines is 1. The average molecular weight is 329 g/mol. The SMILES string of the molecule is CC(C)(C)OC(=O)N1CCCCC1C(=O)Nc1cccc(C#N)c1. The van der Waals surface area contributed by atoms with Crippen molar-refractivity contribution in [1.82, 2.24) is 4.90 Å². The number of benzene rings is 1. The van der Waals surface area contributed by atoms with Crippen LogP contribution in [0, 0.1) is 11.3 Å². The summed E-state index contributed by atoms with van der Waals surface area (Å²) >= 11 is 0. The third-order valence-corrected chi connectivity index (χ3v) is 3.69. The molecule has 0 saturated carbocycles. The summed E-state index contributed by atoms with van der Waals surface area (Å²) in [5.41, 5.74) is 0.422. The monoisotopic (exact) mass is 329 g/mol. The number of nitrogens with one attached hydrogen (secondary N) is 1. The van der Waals surface area contributed by atoms with Crippen LogP contribution >= 0.6 is 0 Å². The number of ether oxygens (including phenoxy) is 1. The minimum absolute atomic E-state index is 0.254. The fraction of sp³-hybridized carbons (Fsp3) is 0.500. The Morgan fingerprint density at radius 2 is 2.08 bits per heavy atom. The Morgan fingerprint density at radius 1 is 1.33 bits per heavy atom. The smallest absolute Gasteiger partial charge is 0.410 e. The lowest BCUT2D eigenvalue weighted by Gasteiger charge is -2.35. The maximum absolute atomic E-state index is 12.6. The van der Waals surface area contributed by atoms with Gasteiger partial charge in [0.2, 0.25) is 5.91 Å². The highest BCUT2D eigenvalue weighted by molar-refractivity contribution is 5.96. The van der Waals surface area contributed by atoms with Crippen molar-refractivity contribution in [2.24, 2.45) is 0 Å². The molecule has 1 aromatic carbocycles. The minimum Gasteiger partial charge on any atom is -0.444 e. The van der Waals surface area contributed by atoms with E-state index in [0.717, 1.165) is 12.8 Å². The number of nitriles is 1. The van der Waals surface area contributed by atoms with Gasteiger partial charge in [-0.25, -0.2) is 4.79 Å². The summed E-state index contributed by atoms with van der Waals surface area (Å²) in [6, 6.07) is 8.19. The predicted molar refractivity (Wildman–Crippen MR) is 90.4 cm³/mol. The maximum atomic E-state index is 12.6. The Balaban J connectivity index is 2.10. The summed E-state index contributed by atoms with van der Waals surface area (Å²) in [5.74, 6) is -0.254. The molecule has 0 radical (unpaired) electrons. The molecule has 128 valence electrons. The molecule has 0 aromatic heterocycles. The molecule has 1 N–H and O–H groups in total. The minimum atomic E-state index is -0.601. The summed E-state index contributed by atoms with van der Waals surface area (Å²) in [5, 5.41) is 11.7. The summed E-state index contributed by atoms with van der Waals surface area (Å²) < 4.78 is 5.41. The number of carbonyl (C=O) groups is 2. The Hall–Kier alpha value is -2.55. The highest BCUT2D eigenvalue weighted by Crippen LogP contribution is 2.22. The average Bonchev–Trinajstić information content (AvgIpc) is 2.53. The van der Waals surface area contributed by atoms with Crippen molar-refractivity contribution in [1.29, 1.82) is 5.26 Å². The lowest BCUT2D eigenvalue weighted by atomic mass is 10.0. The predicted octanol–water partition coefficient (Wildman–Crippen LogP) is 3.29. The van der Waals surface area contributed by atoms with E-state index in [0.29, 0.717) is 24.2 Å². The maximum Gasteiger partial charge on any atom is 0.410 e. The molecule has 24 heavy (non-hydrogen) atoms. The second kappa shape index (κ2) is 7.35. The molecule has 1 saturated heterocycles. The summed E-state index contributed by atoms with van der Waals surface area (Å²) in [7, 11) is 0. The zero-order chi connectivity index (χ0) is 17.7. The third kappa shape index (κ3) is 4.72. The second-order valence-electron chi connectivity index (χ2n) is 6.87. The molecule has 1 aliphatic rings. The fourth-order valence-electron chi connectivity index (χ4n) is 2.64. The number of nitrogens with zero attached hydrogens (tertiary/aromatic N) is 2. The zero-order valence-electron chi connectivity index (χ0n) is 14.3. The number of amides is 2. The van der Waals surface area contributed by atoms with Crippen molar-refractivity contribution >= 4 is 17.7 Å². The van der Waals surface area contributed by atoms with Crippen LogP contribution in [0.4, 0.5) is 10.5 Å². The number of likely N-dealkylation sites (tertiary alicyclic amines) is 1. The van der Waals surface area contributed by atoms with Gasteiger partial charge >= 0.3 is 6.09 Å². The van der Waals surface area contributed by atoms with Crippen LogP contribution in [0.15, 0.2) is 24.3 Å². The highest BCUT2D eigenvalue weighted by atomic mass is 16.6. The molecule has 1 unspecified atom stereocenters. The van der Waals surface area contributed by atoms with E-state index in [1.165, 1.54) is 4.90 Å². The van der Waals surface area contributed by atoms with Crippen LogP contribution in [0.3, 0.4) is 0 Å². The lowest BCUT2D eigenvalue weighted by Crippen LogP contribution is -2.51. The van der Waals surface area contributed by atoms with Gasteiger partial charge in [-0.05, 0) is 58.2 Å². The van der Waals surface area contributed by atoms with Crippen molar-refractivity contribution in [3.05, 3.63) is 29.8 Å². The van der Waals surface area contributed by atoms with Crippen LogP contribution in [0.5, 0.6) is 0 Å². The molecule has 1 aromatic rings. The van der Waals surface area contributed by atoms with Crippen molar-refractivity contribution in [2.75, 3.05) is 11.9 Å². The Morgan fingerprint density at radius 3 is 2.75 bits per heavy atom. The molecule has 1 fully saturated rings. The third-order valence-electron chi connectivity index (χ3n) is 3.69. The van der Waals surface area contributed by atoms with Crippen LogP contribution in [0.2, 0.25) is 0 Å². The summed E-state index contributed by atoms with van der Waals surface area (Å²) in [6.45, 7) is 5.91. The molecule has 0 aliphatic carbocycles. The largest absolute Gasteiger partial charge is 0.444 e. The molecule has 0 bridgehead atoms. The molecular weight excluding hydrogens is 306 g/mol. The van der Waals surface area contributed by atoms with Gasteiger partial charge in [0.15, 0.2) is 0 Å². The summed E-state index contributed by atoms with van der Waals surface area (Å²) in [4.78, 5) is 26.5. The molecule has 2 rings (SSSR count). The molecule has 0 spiro atoms. The van der Waals surface area contributed by atoms with Crippen molar-refractivity contribution < 1.29 is 14.3 Å². The number of hydrogen-bond donors (Lipinski definition) is 1. The van der Waals surface area contributed by atoms with Gasteiger partial charge in [-0.3, -0.25) is 9.69 Å². The van der Waals surface area contributed by atoms with Crippen LogP contribution in [0.25, 0.3) is 0 Å². The number of piperidine rings is 1. The van der Waals surface area contributed by atoms with Gasteiger partial charge in [-0.15, -0.1) is 0 Å². The van der Waals surface area contributed by atoms with E-state index in [4.69, 9.17) is 10.00 Å². The van der Waals surface area contributed by atoms with E-state index >= 15 is 0 Å². The van der Waals surface area contributed by atoms with Gasteiger partial charge in [0, 0.05) is 12.2 Å². The van der Waals surface area contributed by atoms with Crippen LogP contribution in [-0.2, 0) is 9.53 Å². The first-order valence-corrected chi connectivity index (χ1v) is 8.11. The van der Waals surface area contributed by atoms with Crippen molar-refractivity contribution in [3.8, 4) is 6.07 Å². The van der Waals surface area contributed by atoms with Crippen LogP contribution < -0.4 is 5.32 Å². The van der Waals surface area contributed by atoms with Crippen molar-refractivity contribution in [3.63, 3.8) is 0 Å². The van der Waals surface area contributed by atoms with E-state index in [-0.39, 0.29) is 5.91 Å². The van der Waals surface area contributed by atoms with Crippen LogP contribution in [0.1, 0.15) is 45.6 Å². The Labute approximate surface area is 142 Å². The van der Waals surface area contributed by atoms with E-state index in [2.05, 4.69) is 5.32 Å². The highest BCUT2D eigenvalue weighted by Gasteiger charge is 2.34. The molecule has 1 aliphatic heterocycles. The summed E-state index contributed by atoms with van der Waals surface area (Å²) in [6.07, 6.45) is 1.87. The number of carbonyl (C=O) groups excluding carboxylic acids is 2. The van der Waals surface area contributed by atoms with E-state index in [1.54, 1.807) is 45.0 Å². The van der Waals surface area contributed by atoms with Crippen LogP contribution in [-0.4, -0.2) is 35.1 Å². The van der Waals surface area contributed by atoms with Gasteiger partial charge in [0.1, 0.15) is 11.6 Å². The van der Waals surface area contributed by atoms with Gasteiger partial charge < -0.3 is 10.1 Å². The van der Waals surface area contributed by atoms with Gasteiger partial charge in [-0.1, -0.05) is 6.07 Å². The molecule has 1 heterocycles.